The van der Waals surface area contributed by atoms with E-state index in [0.717, 1.165) is 20.5 Å². The van der Waals surface area contributed by atoms with Crippen LogP contribution in [0.1, 0.15) is 41.8 Å². The van der Waals surface area contributed by atoms with Gasteiger partial charge in [-0.15, -0.1) is 11.3 Å². The lowest BCUT2D eigenvalue weighted by Gasteiger charge is -2.21. The summed E-state index contributed by atoms with van der Waals surface area (Å²) in [5.74, 6) is 0. The van der Waals surface area contributed by atoms with Crippen molar-refractivity contribution in [2.45, 2.75) is 36.7 Å². The van der Waals surface area contributed by atoms with Crippen LogP contribution in [0.5, 0.6) is 0 Å². The summed E-state index contributed by atoms with van der Waals surface area (Å²) in [6.45, 7) is 1.14. The molecule has 2 heterocycles. The van der Waals surface area contributed by atoms with Crippen LogP contribution in [0, 0.1) is 0 Å². The minimum atomic E-state index is -3.49. The Hall–Kier alpha value is -2.33. The molecule has 35 heavy (non-hydrogen) atoms. The molecule has 0 saturated heterocycles. The molecule has 0 aliphatic heterocycles. The standard InChI is InChI=1S/C26H25ClN2O4S2/c1-26(31,15-30)17-11-12-28-22(14-17)20-7-4-5-16-13-23(34-25(16)20)24(19-6-2-3-8-21(19)27)29-35(32,33)18-9-10-18/h2-8,11-14,18,24,29-31H,9-10,15H2,1H3/t24-,26-/m0/s1. The maximum atomic E-state index is 12.9. The van der Waals surface area contributed by atoms with Crippen molar-refractivity contribution in [3.05, 3.63) is 87.9 Å². The van der Waals surface area contributed by atoms with E-state index in [-0.39, 0.29) is 5.25 Å². The molecule has 0 bridgehead atoms. The monoisotopic (exact) mass is 528 g/mol. The van der Waals surface area contributed by atoms with E-state index in [2.05, 4.69) is 9.71 Å². The molecule has 182 valence electrons. The van der Waals surface area contributed by atoms with Crippen LogP contribution in [0.15, 0.2) is 66.9 Å². The SMILES string of the molecule is C[C@](O)(CO)c1ccnc(-c2cccc3cc([C@@H](NS(=O)(=O)C4CC4)c4ccccc4Cl)sc23)c1. The summed E-state index contributed by atoms with van der Waals surface area (Å²) in [6.07, 6.45) is 2.94. The van der Waals surface area contributed by atoms with E-state index >= 15 is 0 Å². The minimum absolute atomic E-state index is 0.358. The Morgan fingerprint density at radius 2 is 1.94 bits per heavy atom. The van der Waals surface area contributed by atoms with E-state index in [1.54, 1.807) is 31.3 Å². The van der Waals surface area contributed by atoms with Gasteiger partial charge in [-0.05, 0) is 60.5 Å². The van der Waals surface area contributed by atoms with Gasteiger partial charge in [0, 0.05) is 26.4 Å². The number of halogens is 1. The second kappa shape index (κ2) is 9.28. The van der Waals surface area contributed by atoms with Gasteiger partial charge >= 0.3 is 0 Å². The lowest BCUT2D eigenvalue weighted by molar-refractivity contribution is -0.00230. The van der Waals surface area contributed by atoms with Gasteiger partial charge in [0.2, 0.25) is 10.0 Å². The number of aromatic nitrogens is 1. The number of pyridine rings is 1. The van der Waals surface area contributed by atoms with Gasteiger partial charge < -0.3 is 10.2 Å². The molecule has 2 atom stereocenters. The maximum absolute atomic E-state index is 12.9. The van der Waals surface area contributed by atoms with Crippen molar-refractivity contribution in [3.63, 3.8) is 0 Å². The molecular formula is C26H25ClN2O4S2. The zero-order chi connectivity index (χ0) is 24.8. The number of nitrogens with zero attached hydrogens (tertiary/aromatic N) is 1. The number of aliphatic hydroxyl groups is 2. The van der Waals surface area contributed by atoms with Crippen molar-refractivity contribution in [2.24, 2.45) is 0 Å². The Bertz CT molecular complexity index is 1500. The van der Waals surface area contributed by atoms with E-state index in [9.17, 15) is 18.6 Å². The van der Waals surface area contributed by atoms with Gasteiger partial charge in [0.15, 0.2) is 0 Å². The number of benzene rings is 2. The van der Waals surface area contributed by atoms with E-state index in [0.29, 0.717) is 34.7 Å². The lowest BCUT2D eigenvalue weighted by atomic mass is 9.96. The number of thiophene rings is 1. The van der Waals surface area contributed by atoms with Crippen molar-refractivity contribution in [1.82, 2.24) is 9.71 Å². The van der Waals surface area contributed by atoms with Gasteiger partial charge in [-0.2, -0.15) is 0 Å². The first-order valence-corrected chi connectivity index (χ1v) is 14.0. The summed E-state index contributed by atoms with van der Waals surface area (Å²) in [5.41, 5.74) is 1.39. The molecular weight excluding hydrogens is 504 g/mol. The predicted octanol–water partition coefficient (Wildman–Crippen LogP) is 4.99. The molecule has 1 aliphatic rings. The first-order chi connectivity index (χ1) is 16.7. The highest BCUT2D eigenvalue weighted by molar-refractivity contribution is 7.90. The molecule has 0 unspecified atom stereocenters. The number of nitrogens with one attached hydrogen (secondary N) is 1. The predicted molar refractivity (Wildman–Crippen MR) is 140 cm³/mol. The molecule has 5 rings (SSSR count). The van der Waals surface area contributed by atoms with Crippen LogP contribution in [0.2, 0.25) is 5.02 Å². The number of hydrogen-bond donors (Lipinski definition) is 3. The number of aliphatic hydroxyl groups excluding tert-OH is 1. The first kappa shape index (κ1) is 24.4. The molecule has 4 aromatic rings. The molecule has 2 aromatic heterocycles. The smallest absolute Gasteiger partial charge is 0.215 e. The van der Waals surface area contributed by atoms with Crippen LogP contribution in [0.4, 0.5) is 0 Å². The number of fused-ring (bicyclic) bond motifs is 1. The maximum Gasteiger partial charge on any atom is 0.215 e. The zero-order valence-corrected chi connectivity index (χ0v) is 21.4. The van der Waals surface area contributed by atoms with E-state index in [1.165, 1.54) is 11.3 Å². The number of sulfonamides is 1. The van der Waals surface area contributed by atoms with E-state index < -0.39 is 28.3 Å². The molecule has 1 saturated carbocycles. The molecule has 6 nitrogen and oxygen atoms in total. The second-order valence-electron chi connectivity index (χ2n) is 9.05. The molecule has 3 N–H and O–H groups in total. The Labute approximate surface area is 213 Å². The highest BCUT2D eigenvalue weighted by atomic mass is 35.5. The highest BCUT2D eigenvalue weighted by Gasteiger charge is 2.38. The highest BCUT2D eigenvalue weighted by Crippen LogP contribution is 2.41. The van der Waals surface area contributed by atoms with Crippen molar-refractivity contribution in [1.29, 1.82) is 0 Å². The Kier molecular flexibility index (Phi) is 6.46. The van der Waals surface area contributed by atoms with E-state index in [4.69, 9.17) is 11.6 Å². The van der Waals surface area contributed by atoms with Gasteiger partial charge in [0.05, 0.1) is 23.6 Å². The summed E-state index contributed by atoms with van der Waals surface area (Å²) in [7, 11) is -3.49. The fourth-order valence-corrected chi connectivity index (χ4v) is 7.16. The van der Waals surface area contributed by atoms with Crippen LogP contribution >= 0.6 is 22.9 Å². The molecule has 0 radical (unpaired) electrons. The average molecular weight is 529 g/mol. The summed E-state index contributed by atoms with van der Waals surface area (Å²) >= 11 is 7.99. The summed E-state index contributed by atoms with van der Waals surface area (Å²) in [6, 6.07) is 17.9. The summed E-state index contributed by atoms with van der Waals surface area (Å²) in [4.78, 5) is 5.33. The molecule has 1 fully saturated rings. The fourth-order valence-electron chi connectivity index (χ4n) is 4.05. The molecule has 2 aromatic carbocycles. The topological polar surface area (TPSA) is 99.5 Å². The van der Waals surface area contributed by atoms with Crippen LogP contribution in [-0.4, -0.2) is 35.5 Å². The molecule has 9 heteroatoms. The Balaban J connectivity index is 1.62. The summed E-state index contributed by atoms with van der Waals surface area (Å²) in [5, 5.41) is 21.2. The molecule has 1 aliphatic carbocycles. The third kappa shape index (κ3) is 4.87. The normalized spacial score (nSPS) is 16.8. The Morgan fingerprint density at radius 1 is 1.17 bits per heavy atom. The molecule has 0 amide bonds. The second-order valence-corrected chi connectivity index (χ2v) is 12.5. The first-order valence-electron chi connectivity index (χ1n) is 11.3. The van der Waals surface area contributed by atoms with Crippen LogP contribution in [0.3, 0.4) is 0 Å². The quantitative estimate of drug-likeness (QED) is 0.299. The average Bonchev–Trinajstić information content (AvgIpc) is 3.63. The molecule has 0 spiro atoms. The van der Waals surface area contributed by atoms with Crippen molar-refractivity contribution in [2.75, 3.05) is 6.61 Å². The van der Waals surface area contributed by atoms with Crippen LogP contribution < -0.4 is 4.72 Å². The van der Waals surface area contributed by atoms with Gasteiger partial charge in [0.25, 0.3) is 0 Å². The van der Waals surface area contributed by atoms with Gasteiger partial charge in [-0.25, -0.2) is 13.1 Å². The van der Waals surface area contributed by atoms with Crippen molar-refractivity contribution < 1.29 is 18.6 Å². The van der Waals surface area contributed by atoms with Gasteiger partial charge in [-0.3, -0.25) is 4.98 Å². The third-order valence-corrected chi connectivity index (χ3v) is 9.78. The third-order valence-electron chi connectivity index (χ3n) is 6.27. The van der Waals surface area contributed by atoms with E-state index in [1.807, 2.05) is 42.5 Å². The lowest BCUT2D eigenvalue weighted by Crippen LogP contribution is -2.31. The zero-order valence-electron chi connectivity index (χ0n) is 19.0. The number of rotatable bonds is 8. The van der Waals surface area contributed by atoms with Crippen molar-refractivity contribution in [3.8, 4) is 11.3 Å². The minimum Gasteiger partial charge on any atom is -0.393 e. The van der Waals surface area contributed by atoms with Crippen LogP contribution in [-0.2, 0) is 15.6 Å². The largest absolute Gasteiger partial charge is 0.393 e. The van der Waals surface area contributed by atoms with Crippen molar-refractivity contribution >= 4 is 43.0 Å². The van der Waals surface area contributed by atoms with Gasteiger partial charge in [0.1, 0.15) is 5.60 Å². The Morgan fingerprint density at radius 3 is 2.66 bits per heavy atom. The van der Waals surface area contributed by atoms with Crippen LogP contribution in [0.25, 0.3) is 21.3 Å². The number of hydrogen-bond acceptors (Lipinski definition) is 6. The summed E-state index contributed by atoms with van der Waals surface area (Å²) < 4.78 is 29.7. The van der Waals surface area contributed by atoms with Gasteiger partial charge in [-0.1, -0.05) is 48.0 Å². The fraction of sp³-hybridized carbons (Fsp3) is 0.269.